The lowest BCUT2D eigenvalue weighted by atomic mass is 9.87. The molecule has 0 fully saturated rings. The second-order valence-electron chi connectivity index (χ2n) is 9.93. The van der Waals surface area contributed by atoms with E-state index in [1.54, 1.807) is 36.9 Å². The lowest BCUT2D eigenvalue weighted by Crippen LogP contribution is -2.03. The number of cyclic esters (lactones) is 2. The van der Waals surface area contributed by atoms with Crippen LogP contribution in [0.2, 0.25) is 0 Å². The molecule has 0 radical (unpaired) electrons. The molecule has 0 N–H and O–H groups in total. The summed E-state index contributed by atoms with van der Waals surface area (Å²) in [5, 5.41) is 8.30. The van der Waals surface area contributed by atoms with Gasteiger partial charge in [0, 0.05) is 11.1 Å². The summed E-state index contributed by atoms with van der Waals surface area (Å²) >= 11 is 3.28. The lowest BCUT2D eigenvalue weighted by molar-refractivity contribution is 0.0443. The van der Waals surface area contributed by atoms with E-state index in [2.05, 4.69) is 47.2 Å². The van der Waals surface area contributed by atoms with Gasteiger partial charge in [-0.3, -0.25) is 0 Å². The van der Waals surface area contributed by atoms with Crippen molar-refractivity contribution in [3.8, 4) is 56.0 Å². The predicted molar refractivity (Wildman–Crippen MR) is 152 cm³/mol. The molecule has 0 saturated heterocycles. The Balaban J connectivity index is 1.43. The molecule has 3 aromatic carbocycles. The smallest absolute Gasteiger partial charge is 0.347 e. The van der Waals surface area contributed by atoms with Gasteiger partial charge >= 0.3 is 11.9 Å². The van der Waals surface area contributed by atoms with Gasteiger partial charge in [0.1, 0.15) is 11.5 Å². The summed E-state index contributed by atoms with van der Waals surface area (Å²) in [4.78, 5) is 26.1. The number of hydrogen-bond donors (Lipinski definition) is 0. The summed E-state index contributed by atoms with van der Waals surface area (Å²) in [6.45, 7) is 0. The minimum Gasteiger partial charge on any atom is -0.496 e. The standard InChI is InChI=1S/C32H20O5S2/c1-35-25-11-21-17(7-19(25)15-3-5-38-13-15)9-23-27(21)28-22-12-26(36-2)20(16-4-6-39-14-16)8-18(22)10-24(28)30-29(23)31(33)37-32(30)34/h3-8,11-14H,9-10H2,1-2H3. The Morgan fingerprint density at radius 3 is 1.49 bits per heavy atom. The van der Waals surface area contributed by atoms with Gasteiger partial charge in [-0.1, -0.05) is 0 Å². The highest BCUT2D eigenvalue weighted by Crippen LogP contribution is 2.56. The van der Waals surface area contributed by atoms with Crippen LogP contribution in [0, 0.1) is 0 Å². The molecule has 0 saturated carbocycles. The van der Waals surface area contributed by atoms with Crippen molar-refractivity contribution in [1.82, 2.24) is 0 Å². The molecule has 2 aromatic heterocycles. The highest BCUT2D eigenvalue weighted by atomic mass is 32.1. The average molecular weight is 549 g/mol. The Hall–Kier alpha value is -4.20. The maximum Gasteiger partial charge on any atom is 0.347 e. The fraction of sp³-hybridized carbons (Fsp3) is 0.125. The third kappa shape index (κ3) is 3.05. The van der Waals surface area contributed by atoms with Crippen LogP contribution in [0.3, 0.4) is 0 Å². The number of carbonyl (C=O) groups is 2. The number of hydrogen-bond acceptors (Lipinski definition) is 7. The van der Waals surface area contributed by atoms with Gasteiger partial charge in [-0.15, -0.1) is 0 Å². The van der Waals surface area contributed by atoms with Crippen LogP contribution in [0.1, 0.15) is 43.0 Å². The van der Waals surface area contributed by atoms with Crippen LogP contribution in [0.25, 0.3) is 44.5 Å². The van der Waals surface area contributed by atoms with Gasteiger partial charge in [0.05, 0.1) is 25.3 Å². The third-order valence-corrected chi connectivity index (χ3v) is 9.46. The minimum absolute atomic E-state index is 0.416. The number of benzene rings is 3. The van der Waals surface area contributed by atoms with Gasteiger partial charge < -0.3 is 14.2 Å². The van der Waals surface area contributed by atoms with Crippen LogP contribution in [0.4, 0.5) is 0 Å². The van der Waals surface area contributed by atoms with Crippen molar-refractivity contribution in [2.24, 2.45) is 0 Å². The van der Waals surface area contributed by atoms with Crippen LogP contribution in [0.5, 0.6) is 11.5 Å². The first kappa shape index (κ1) is 22.8. The fourth-order valence-electron chi connectivity index (χ4n) is 6.45. The molecule has 3 aliphatic rings. The van der Waals surface area contributed by atoms with Crippen molar-refractivity contribution >= 4 is 34.6 Å². The highest BCUT2D eigenvalue weighted by Gasteiger charge is 2.43. The van der Waals surface area contributed by atoms with Crippen LogP contribution in [-0.4, -0.2) is 26.2 Å². The van der Waals surface area contributed by atoms with Gasteiger partial charge in [-0.25, -0.2) is 9.59 Å². The zero-order chi connectivity index (χ0) is 26.4. The van der Waals surface area contributed by atoms with E-state index >= 15 is 0 Å². The van der Waals surface area contributed by atoms with E-state index < -0.39 is 11.9 Å². The Morgan fingerprint density at radius 2 is 1.10 bits per heavy atom. The second kappa shape index (κ2) is 8.15. The first-order valence-electron chi connectivity index (χ1n) is 12.5. The zero-order valence-corrected chi connectivity index (χ0v) is 22.7. The molecule has 1 aliphatic heterocycles. The maximum atomic E-state index is 13.1. The normalized spacial score (nSPS) is 14.0. The quantitative estimate of drug-likeness (QED) is 0.167. The second-order valence-corrected chi connectivity index (χ2v) is 11.5. The third-order valence-electron chi connectivity index (χ3n) is 8.09. The number of ether oxygens (including phenoxy) is 3. The van der Waals surface area contributed by atoms with Crippen molar-refractivity contribution in [1.29, 1.82) is 0 Å². The Morgan fingerprint density at radius 1 is 0.641 bits per heavy atom. The van der Waals surface area contributed by atoms with E-state index in [0.717, 1.165) is 78.3 Å². The molecule has 5 nitrogen and oxygen atoms in total. The lowest BCUT2D eigenvalue weighted by Gasteiger charge is -2.16. The summed E-state index contributed by atoms with van der Waals surface area (Å²) in [5.41, 5.74) is 13.0. The molecule has 190 valence electrons. The molecule has 5 aromatic rings. The Labute approximate surface area is 232 Å². The van der Waals surface area contributed by atoms with E-state index in [0.29, 0.717) is 24.0 Å². The molecule has 0 amide bonds. The van der Waals surface area contributed by atoms with E-state index in [4.69, 9.17) is 14.2 Å². The monoisotopic (exact) mass is 548 g/mol. The Bertz CT molecular complexity index is 1740. The van der Waals surface area contributed by atoms with Crippen molar-refractivity contribution in [2.75, 3.05) is 14.2 Å². The first-order chi connectivity index (χ1) is 19.1. The molecule has 0 spiro atoms. The number of methoxy groups -OCH3 is 2. The van der Waals surface area contributed by atoms with Crippen LogP contribution in [0.15, 0.2) is 57.9 Å². The van der Waals surface area contributed by atoms with Crippen molar-refractivity contribution < 1.29 is 23.8 Å². The molecule has 0 bridgehead atoms. The van der Waals surface area contributed by atoms with Crippen molar-refractivity contribution in [2.45, 2.75) is 12.8 Å². The highest BCUT2D eigenvalue weighted by molar-refractivity contribution is 7.08. The molecule has 39 heavy (non-hydrogen) atoms. The SMILES string of the molecule is COc1cc2c(cc1-c1ccsc1)Cc1c3c(c4c(c1-2)-c1cc(OC)c(-c2ccsc2)cc1C4)C(=O)OC3=O. The van der Waals surface area contributed by atoms with Crippen LogP contribution >= 0.6 is 22.7 Å². The van der Waals surface area contributed by atoms with Crippen LogP contribution in [-0.2, 0) is 17.6 Å². The Kier molecular flexibility index (Phi) is 4.75. The largest absolute Gasteiger partial charge is 0.496 e. The first-order valence-corrected chi connectivity index (χ1v) is 14.4. The van der Waals surface area contributed by atoms with E-state index in [1.165, 1.54) is 0 Å². The number of carbonyl (C=O) groups excluding carboxylic acids is 2. The zero-order valence-electron chi connectivity index (χ0n) is 21.0. The molecule has 0 atom stereocenters. The van der Waals surface area contributed by atoms with E-state index in [1.807, 2.05) is 10.8 Å². The maximum absolute atomic E-state index is 13.1. The number of esters is 2. The summed E-state index contributed by atoms with van der Waals surface area (Å²) in [7, 11) is 3.37. The fourth-order valence-corrected chi connectivity index (χ4v) is 7.76. The number of fused-ring (bicyclic) bond motifs is 10. The summed E-state index contributed by atoms with van der Waals surface area (Å²) < 4.78 is 16.9. The van der Waals surface area contributed by atoms with Gasteiger partial charge in [-0.2, -0.15) is 22.7 Å². The molecule has 8 rings (SSSR count). The van der Waals surface area contributed by atoms with E-state index in [9.17, 15) is 9.59 Å². The molecule has 0 unspecified atom stereocenters. The predicted octanol–water partition coefficient (Wildman–Crippen LogP) is 7.61. The topological polar surface area (TPSA) is 61.8 Å². The molecular formula is C32H20O5S2. The number of thiophene rings is 2. The summed E-state index contributed by atoms with van der Waals surface area (Å²) in [5.74, 6) is 0.437. The van der Waals surface area contributed by atoms with Gasteiger partial charge in [0.25, 0.3) is 0 Å². The van der Waals surface area contributed by atoms with Gasteiger partial charge in [0.15, 0.2) is 0 Å². The summed E-state index contributed by atoms with van der Waals surface area (Å²) in [6, 6.07) is 12.6. The molecular weight excluding hydrogens is 528 g/mol. The molecule has 7 heteroatoms. The van der Waals surface area contributed by atoms with Gasteiger partial charge in [-0.05, 0) is 126 Å². The van der Waals surface area contributed by atoms with Crippen molar-refractivity contribution in [3.63, 3.8) is 0 Å². The average Bonchev–Trinajstić information content (AvgIpc) is 3.77. The van der Waals surface area contributed by atoms with Crippen LogP contribution < -0.4 is 9.47 Å². The minimum atomic E-state index is -0.556. The van der Waals surface area contributed by atoms with Gasteiger partial charge in [0.2, 0.25) is 0 Å². The molecule has 3 heterocycles. The van der Waals surface area contributed by atoms with E-state index in [-0.39, 0.29) is 0 Å². The van der Waals surface area contributed by atoms with Crippen molar-refractivity contribution in [3.05, 3.63) is 91.3 Å². The number of rotatable bonds is 4. The molecule has 2 aliphatic carbocycles. The summed E-state index contributed by atoms with van der Waals surface area (Å²) in [6.07, 6.45) is 1.09.